The Morgan fingerprint density at radius 3 is 2.39 bits per heavy atom. The molecule has 1 saturated carbocycles. The average Bonchev–Trinajstić information content (AvgIpc) is 2.36. The first-order chi connectivity index (χ1) is 8.53. The molecular weight excluding hydrogens is 232 g/mol. The van der Waals surface area contributed by atoms with Crippen molar-refractivity contribution in [2.75, 3.05) is 6.54 Å². The van der Waals surface area contributed by atoms with Crippen molar-refractivity contribution in [3.8, 4) is 0 Å². The van der Waals surface area contributed by atoms with Gasteiger partial charge >= 0.3 is 5.97 Å². The SMILES string of the molecule is CCC(NC(=O)CC1(CN)CCCCC1)C(=O)O. The van der Waals surface area contributed by atoms with Crippen molar-refractivity contribution in [2.24, 2.45) is 11.1 Å². The lowest BCUT2D eigenvalue weighted by Crippen LogP contribution is -2.44. The van der Waals surface area contributed by atoms with E-state index in [9.17, 15) is 9.59 Å². The third kappa shape index (κ3) is 3.98. The second kappa shape index (κ2) is 6.73. The lowest BCUT2D eigenvalue weighted by atomic mass is 9.71. The van der Waals surface area contributed by atoms with E-state index < -0.39 is 12.0 Å². The second-order valence-corrected chi connectivity index (χ2v) is 5.31. The number of carboxylic acids is 1. The van der Waals surface area contributed by atoms with Gasteiger partial charge in [0.1, 0.15) is 6.04 Å². The number of nitrogens with two attached hydrogens (primary N) is 1. The molecular formula is C13H24N2O3. The Balaban J connectivity index is 2.54. The van der Waals surface area contributed by atoms with Gasteiger partial charge in [-0.1, -0.05) is 26.2 Å². The molecule has 1 aliphatic rings. The van der Waals surface area contributed by atoms with Gasteiger partial charge < -0.3 is 16.2 Å². The number of rotatable bonds is 6. The summed E-state index contributed by atoms with van der Waals surface area (Å²) in [4.78, 5) is 22.8. The third-order valence-corrected chi connectivity index (χ3v) is 3.92. The van der Waals surface area contributed by atoms with Gasteiger partial charge in [-0.3, -0.25) is 4.79 Å². The van der Waals surface area contributed by atoms with Crippen LogP contribution in [0.2, 0.25) is 0 Å². The van der Waals surface area contributed by atoms with Crippen LogP contribution in [-0.2, 0) is 9.59 Å². The van der Waals surface area contributed by atoms with E-state index in [1.165, 1.54) is 6.42 Å². The molecule has 0 aromatic heterocycles. The molecule has 1 amide bonds. The molecule has 0 radical (unpaired) electrons. The summed E-state index contributed by atoms with van der Waals surface area (Å²) in [5.74, 6) is -1.16. The van der Waals surface area contributed by atoms with E-state index in [0.717, 1.165) is 25.7 Å². The first-order valence-corrected chi connectivity index (χ1v) is 6.75. The van der Waals surface area contributed by atoms with Crippen LogP contribution in [0, 0.1) is 5.41 Å². The summed E-state index contributed by atoms with van der Waals surface area (Å²) in [6.07, 6.45) is 6.13. The summed E-state index contributed by atoms with van der Waals surface area (Å²) in [6, 6.07) is -0.782. The predicted molar refractivity (Wildman–Crippen MR) is 69.0 cm³/mol. The first kappa shape index (κ1) is 15.0. The topological polar surface area (TPSA) is 92.4 Å². The molecule has 5 nitrogen and oxygen atoms in total. The van der Waals surface area contributed by atoms with Crippen molar-refractivity contribution < 1.29 is 14.7 Å². The Kier molecular flexibility index (Phi) is 5.59. The molecule has 1 rings (SSSR count). The van der Waals surface area contributed by atoms with Gasteiger partial charge in [-0.15, -0.1) is 0 Å². The minimum Gasteiger partial charge on any atom is -0.480 e. The fraction of sp³-hybridized carbons (Fsp3) is 0.846. The van der Waals surface area contributed by atoms with Gasteiger partial charge in [-0.25, -0.2) is 4.79 Å². The highest BCUT2D eigenvalue weighted by molar-refractivity contribution is 5.83. The van der Waals surface area contributed by atoms with Crippen molar-refractivity contribution in [3.63, 3.8) is 0 Å². The highest BCUT2D eigenvalue weighted by atomic mass is 16.4. The van der Waals surface area contributed by atoms with Gasteiger partial charge in [-0.05, 0) is 31.2 Å². The van der Waals surface area contributed by atoms with Crippen molar-refractivity contribution in [1.29, 1.82) is 0 Å². The highest BCUT2D eigenvalue weighted by Gasteiger charge is 2.33. The molecule has 0 aliphatic heterocycles. The Morgan fingerprint density at radius 2 is 1.94 bits per heavy atom. The molecule has 0 heterocycles. The molecule has 1 aliphatic carbocycles. The van der Waals surface area contributed by atoms with Crippen LogP contribution in [0.1, 0.15) is 51.9 Å². The third-order valence-electron chi connectivity index (χ3n) is 3.92. The Bertz CT molecular complexity index is 299. The predicted octanol–water partition coefficient (Wildman–Crippen LogP) is 1.27. The van der Waals surface area contributed by atoms with E-state index in [2.05, 4.69) is 5.32 Å². The fourth-order valence-corrected chi connectivity index (χ4v) is 2.68. The van der Waals surface area contributed by atoms with Crippen molar-refractivity contribution in [3.05, 3.63) is 0 Å². The molecule has 0 aromatic rings. The Labute approximate surface area is 108 Å². The molecule has 5 heteroatoms. The number of hydrogen-bond acceptors (Lipinski definition) is 3. The van der Waals surface area contributed by atoms with Crippen LogP contribution >= 0.6 is 0 Å². The van der Waals surface area contributed by atoms with Crippen molar-refractivity contribution >= 4 is 11.9 Å². The molecule has 1 atom stereocenters. The van der Waals surface area contributed by atoms with Crippen LogP contribution in [0.5, 0.6) is 0 Å². The normalized spacial score (nSPS) is 20.1. The van der Waals surface area contributed by atoms with E-state index >= 15 is 0 Å². The molecule has 1 unspecified atom stereocenters. The average molecular weight is 256 g/mol. The van der Waals surface area contributed by atoms with Crippen molar-refractivity contribution in [1.82, 2.24) is 5.32 Å². The molecule has 0 saturated heterocycles. The zero-order valence-electron chi connectivity index (χ0n) is 11.1. The van der Waals surface area contributed by atoms with Gasteiger partial charge in [0.15, 0.2) is 0 Å². The molecule has 0 bridgehead atoms. The summed E-state index contributed by atoms with van der Waals surface area (Å²) in [6.45, 7) is 2.25. The van der Waals surface area contributed by atoms with E-state index in [-0.39, 0.29) is 11.3 Å². The quantitative estimate of drug-likeness (QED) is 0.667. The van der Waals surface area contributed by atoms with E-state index in [1.54, 1.807) is 6.92 Å². The maximum Gasteiger partial charge on any atom is 0.326 e. The molecule has 104 valence electrons. The Morgan fingerprint density at radius 1 is 1.33 bits per heavy atom. The second-order valence-electron chi connectivity index (χ2n) is 5.31. The monoisotopic (exact) mass is 256 g/mol. The van der Waals surface area contributed by atoms with Crippen molar-refractivity contribution in [2.45, 2.75) is 57.9 Å². The number of nitrogens with one attached hydrogen (secondary N) is 1. The molecule has 0 spiro atoms. The van der Waals surface area contributed by atoms with Crippen LogP contribution in [-0.4, -0.2) is 29.6 Å². The minimum absolute atomic E-state index is 0.112. The van der Waals surface area contributed by atoms with Crippen LogP contribution in [0.25, 0.3) is 0 Å². The molecule has 18 heavy (non-hydrogen) atoms. The van der Waals surface area contributed by atoms with Gasteiger partial charge in [0, 0.05) is 6.42 Å². The smallest absolute Gasteiger partial charge is 0.326 e. The zero-order valence-corrected chi connectivity index (χ0v) is 11.1. The molecule has 4 N–H and O–H groups in total. The van der Waals surface area contributed by atoms with E-state index in [0.29, 0.717) is 19.4 Å². The standard InChI is InChI=1S/C13H24N2O3/c1-2-10(12(17)18)15-11(16)8-13(9-14)6-4-3-5-7-13/h10H,2-9,14H2,1H3,(H,15,16)(H,17,18). The largest absolute Gasteiger partial charge is 0.480 e. The Hall–Kier alpha value is -1.10. The lowest BCUT2D eigenvalue weighted by molar-refractivity contribution is -0.142. The lowest BCUT2D eigenvalue weighted by Gasteiger charge is -2.35. The number of carbonyl (C=O) groups is 2. The van der Waals surface area contributed by atoms with Crippen LogP contribution in [0.15, 0.2) is 0 Å². The number of aliphatic carboxylic acids is 1. The highest BCUT2D eigenvalue weighted by Crippen LogP contribution is 2.38. The number of carbonyl (C=O) groups excluding carboxylic acids is 1. The van der Waals surface area contributed by atoms with Crippen LogP contribution in [0.3, 0.4) is 0 Å². The summed E-state index contributed by atoms with van der Waals surface area (Å²) in [5.41, 5.74) is 5.70. The first-order valence-electron chi connectivity index (χ1n) is 6.75. The van der Waals surface area contributed by atoms with Gasteiger partial charge in [0.2, 0.25) is 5.91 Å². The van der Waals surface area contributed by atoms with E-state index in [1.807, 2.05) is 0 Å². The zero-order chi connectivity index (χ0) is 13.6. The number of carboxylic acid groups (broad SMARTS) is 1. The van der Waals surface area contributed by atoms with Crippen LogP contribution in [0.4, 0.5) is 0 Å². The van der Waals surface area contributed by atoms with E-state index in [4.69, 9.17) is 10.8 Å². The summed E-state index contributed by atoms with van der Waals surface area (Å²) in [5, 5.41) is 11.5. The molecule has 0 aromatic carbocycles. The number of hydrogen-bond donors (Lipinski definition) is 3. The summed E-state index contributed by atoms with van der Waals surface area (Å²) in [7, 11) is 0. The van der Waals surface area contributed by atoms with Gasteiger partial charge in [0.05, 0.1) is 0 Å². The van der Waals surface area contributed by atoms with Crippen LogP contribution < -0.4 is 11.1 Å². The molecule has 1 fully saturated rings. The van der Waals surface area contributed by atoms with Gasteiger partial charge in [0.25, 0.3) is 0 Å². The fourth-order valence-electron chi connectivity index (χ4n) is 2.68. The maximum absolute atomic E-state index is 11.9. The minimum atomic E-state index is -0.976. The summed E-state index contributed by atoms with van der Waals surface area (Å²) < 4.78 is 0. The van der Waals surface area contributed by atoms with Gasteiger partial charge in [-0.2, -0.15) is 0 Å². The summed E-state index contributed by atoms with van der Waals surface area (Å²) >= 11 is 0. The number of amides is 1. The maximum atomic E-state index is 11.9.